The maximum atomic E-state index is 12.7. The molecule has 0 aromatic carbocycles. The molecule has 6 heteroatoms. The van der Waals surface area contributed by atoms with Crippen LogP contribution in [0.2, 0.25) is 0 Å². The van der Waals surface area contributed by atoms with Crippen LogP contribution in [0.15, 0.2) is 18.3 Å². The average Bonchev–Trinajstić information content (AvgIpc) is 2.52. The van der Waals surface area contributed by atoms with Gasteiger partial charge < -0.3 is 19.5 Å². The smallest absolute Gasteiger partial charge is 0.410 e. The Kier molecular flexibility index (Phi) is 4.66. The zero-order valence-corrected chi connectivity index (χ0v) is 15.5. The lowest BCUT2D eigenvalue weighted by atomic mass is 9.73. The van der Waals surface area contributed by atoms with Crippen molar-refractivity contribution < 1.29 is 19.4 Å². The minimum atomic E-state index is -0.968. The summed E-state index contributed by atoms with van der Waals surface area (Å²) >= 11 is 0. The van der Waals surface area contributed by atoms with Crippen molar-refractivity contribution in [1.82, 2.24) is 9.88 Å². The Labute approximate surface area is 149 Å². The number of hydrogen-bond acceptors (Lipinski definition) is 5. The maximum Gasteiger partial charge on any atom is 0.410 e. The molecule has 1 amide bonds. The fourth-order valence-corrected chi connectivity index (χ4v) is 4.09. The fourth-order valence-electron chi connectivity index (χ4n) is 4.09. The summed E-state index contributed by atoms with van der Waals surface area (Å²) in [6, 6.07) is 3.61. The molecule has 6 nitrogen and oxygen atoms in total. The molecule has 0 spiro atoms. The zero-order chi connectivity index (χ0) is 18.2. The topological polar surface area (TPSA) is 71.9 Å². The third-order valence-electron chi connectivity index (χ3n) is 5.09. The summed E-state index contributed by atoms with van der Waals surface area (Å²) in [6.07, 6.45) is 5.26. The zero-order valence-electron chi connectivity index (χ0n) is 15.5. The number of carbonyl (C=O) groups is 1. The van der Waals surface area contributed by atoms with E-state index in [9.17, 15) is 9.90 Å². The molecule has 3 heterocycles. The Morgan fingerprint density at radius 3 is 2.52 bits per heavy atom. The van der Waals surface area contributed by atoms with Crippen molar-refractivity contribution in [3.8, 4) is 5.88 Å². The number of piperidine rings is 2. The molecule has 1 aromatic rings. The molecule has 2 aliphatic rings. The van der Waals surface area contributed by atoms with Gasteiger partial charge in [0.05, 0.1) is 12.7 Å². The summed E-state index contributed by atoms with van der Waals surface area (Å²) in [4.78, 5) is 18.7. The molecule has 0 saturated carbocycles. The van der Waals surface area contributed by atoms with Crippen molar-refractivity contribution in [1.29, 1.82) is 0 Å². The summed E-state index contributed by atoms with van der Waals surface area (Å²) in [7, 11) is 1.57. The van der Waals surface area contributed by atoms with Gasteiger partial charge in [0, 0.05) is 37.2 Å². The van der Waals surface area contributed by atoms with Gasteiger partial charge in [-0.25, -0.2) is 9.78 Å². The summed E-state index contributed by atoms with van der Waals surface area (Å²) in [5.74, 6) is 0.491. The first-order chi connectivity index (χ1) is 11.7. The van der Waals surface area contributed by atoms with Crippen molar-refractivity contribution >= 4 is 6.09 Å². The van der Waals surface area contributed by atoms with Gasteiger partial charge in [-0.05, 0) is 51.7 Å². The van der Waals surface area contributed by atoms with Gasteiger partial charge in [0.25, 0.3) is 0 Å². The summed E-state index contributed by atoms with van der Waals surface area (Å²) in [5, 5.41) is 11.3. The monoisotopic (exact) mass is 348 g/mol. The van der Waals surface area contributed by atoms with Crippen LogP contribution in [0.25, 0.3) is 0 Å². The largest absolute Gasteiger partial charge is 0.481 e. The Morgan fingerprint density at radius 2 is 1.96 bits per heavy atom. The highest BCUT2D eigenvalue weighted by molar-refractivity contribution is 5.69. The lowest BCUT2D eigenvalue weighted by Gasteiger charge is -2.51. The third-order valence-corrected chi connectivity index (χ3v) is 5.09. The van der Waals surface area contributed by atoms with Gasteiger partial charge in [-0.3, -0.25) is 0 Å². The first kappa shape index (κ1) is 18.0. The van der Waals surface area contributed by atoms with Crippen LogP contribution in [0, 0.1) is 0 Å². The fraction of sp³-hybridized carbons (Fsp3) is 0.684. The number of carbonyl (C=O) groups excluding carboxylic acids is 1. The lowest BCUT2D eigenvalue weighted by Crippen LogP contribution is -2.59. The number of hydrogen-bond donors (Lipinski definition) is 1. The van der Waals surface area contributed by atoms with Crippen molar-refractivity contribution in [3.63, 3.8) is 0 Å². The molecule has 0 aliphatic carbocycles. The highest BCUT2D eigenvalue weighted by Crippen LogP contribution is 2.45. The standard InChI is InChI=1S/C19H28N2O4/c1-18(2,3)25-17(22)21-14-6-5-7-15(21)12-19(23,11-14)13-8-9-20-16(10-13)24-4/h8-10,14-15,23H,5-7,11-12H2,1-4H3. The number of methoxy groups -OCH3 is 1. The van der Waals surface area contributed by atoms with E-state index >= 15 is 0 Å². The molecule has 138 valence electrons. The molecule has 2 fully saturated rings. The number of fused-ring (bicyclic) bond motifs is 2. The van der Waals surface area contributed by atoms with Crippen LogP contribution in [-0.4, -0.2) is 45.9 Å². The van der Waals surface area contributed by atoms with Gasteiger partial charge in [0.1, 0.15) is 5.60 Å². The van der Waals surface area contributed by atoms with Gasteiger partial charge in [0.15, 0.2) is 0 Å². The van der Waals surface area contributed by atoms with E-state index in [2.05, 4.69) is 4.98 Å². The molecule has 2 atom stereocenters. The van der Waals surface area contributed by atoms with Gasteiger partial charge in [-0.1, -0.05) is 0 Å². The van der Waals surface area contributed by atoms with Crippen LogP contribution in [0.3, 0.4) is 0 Å². The summed E-state index contributed by atoms with van der Waals surface area (Å²) < 4.78 is 10.8. The Morgan fingerprint density at radius 1 is 1.32 bits per heavy atom. The molecule has 2 aliphatic heterocycles. The maximum absolute atomic E-state index is 12.7. The molecular formula is C19H28N2O4. The minimum Gasteiger partial charge on any atom is -0.481 e. The van der Waals surface area contributed by atoms with Gasteiger partial charge in [-0.2, -0.15) is 0 Å². The predicted octanol–water partition coefficient (Wildman–Crippen LogP) is 3.23. The molecule has 1 N–H and O–H groups in total. The highest BCUT2D eigenvalue weighted by atomic mass is 16.6. The second kappa shape index (κ2) is 6.48. The van der Waals surface area contributed by atoms with Crippen LogP contribution >= 0.6 is 0 Å². The second-order valence-electron chi connectivity index (χ2n) is 8.15. The van der Waals surface area contributed by atoms with E-state index in [1.807, 2.05) is 31.7 Å². The summed E-state index contributed by atoms with van der Waals surface area (Å²) in [5.41, 5.74) is -0.678. The first-order valence-electron chi connectivity index (χ1n) is 8.96. The van der Waals surface area contributed by atoms with Crippen LogP contribution in [0.4, 0.5) is 4.79 Å². The number of pyridine rings is 1. The number of aromatic nitrogens is 1. The van der Waals surface area contributed by atoms with E-state index in [0.717, 1.165) is 24.8 Å². The van der Waals surface area contributed by atoms with Crippen molar-refractivity contribution in [3.05, 3.63) is 23.9 Å². The Bertz CT molecular complexity index is 627. The number of nitrogens with zero attached hydrogens (tertiary/aromatic N) is 2. The molecule has 25 heavy (non-hydrogen) atoms. The van der Waals surface area contributed by atoms with E-state index in [0.29, 0.717) is 18.7 Å². The number of aliphatic hydroxyl groups is 1. The SMILES string of the molecule is COc1cc(C2(O)CC3CCCC(C2)N3C(=O)OC(C)(C)C)ccn1. The van der Waals surface area contributed by atoms with Gasteiger partial charge >= 0.3 is 6.09 Å². The Balaban J connectivity index is 1.84. The van der Waals surface area contributed by atoms with Crippen LogP contribution in [0.5, 0.6) is 5.88 Å². The minimum absolute atomic E-state index is 0.00786. The molecule has 1 aromatic heterocycles. The normalized spacial score (nSPS) is 29.2. The van der Waals surface area contributed by atoms with Gasteiger partial charge in [-0.15, -0.1) is 0 Å². The Hall–Kier alpha value is -1.82. The highest BCUT2D eigenvalue weighted by Gasteiger charge is 2.49. The van der Waals surface area contributed by atoms with Crippen molar-refractivity contribution in [2.45, 2.75) is 76.2 Å². The van der Waals surface area contributed by atoms with E-state index in [4.69, 9.17) is 9.47 Å². The first-order valence-corrected chi connectivity index (χ1v) is 8.96. The molecule has 3 rings (SSSR count). The molecule has 0 radical (unpaired) electrons. The average molecular weight is 348 g/mol. The summed E-state index contributed by atoms with van der Waals surface area (Å²) in [6.45, 7) is 5.64. The van der Waals surface area contributed by atoms with Crippen LogP contribution in [0.1, 0.15) is 58.4 Å². The van der Waals surface area contributed by atoms with E-state index in [-0.39, 0.29) is 18.2 Å². The molecule has 2 bridgehead atoms. The second-order valence-corrected chi connectivity index (χ2v) is 8.15. The number of rotatable bonds is 2. The predicted molar refractivity (Wildman–Crippen MR) is 93.4 cm³/mol. The van der Waals surface area contributed by atoms with Crippen molar-refractivity contribution in [2.75, 3.05) is 7.11 Å². The van der Waals surface area contributed by atoms with E-state index in [1.54, 1.807) is 19.4 Å². The number of ether oxygens (including phenoxy) is 2. The van der Waals surface area contributed by atoms with Crippen LogP contribution in [-0.2, 0) is 10.3 Å². The van der Waals surface area contributed by atoms with Gasteiger partial charge in [0.2, 0.25) is 5.88 Å². The third kappa shape index (κ3) is 3.73. The van der Waals surface area contributed by atoms with Crippen LogP contribution < -0.4 is 4.74 Å². The molecule has 2 saturated heterocycles. The molecular weight excluding hydrogens is 320 g/mol. The van der Waals surface area contributed by atoms with Crippen molar-refractivity contribution in [2.24, 2.45) is 0 Å². The lowest BCUT2D eigenvalue weighted by molar-refractivity contribution is -0.0966. The van der Waals surface area contributed by atoms with E-state index < -0.39 is 11.2 Å². The van der Waals surface area contributed by atoms with E-state index in [1.165, 1.54) is 0 Å². The number of amides is 1. The molecule has 2 unspecified atom stereocenters. The quantitative estimate of drug-likeness (QED) is 0.888.